The molecule has 1 aliphatic heterocycles. The van der Waals surface area contributed by atoms with Crippen LogP contribution in [-0.2, 0) is 22.7 Å². The summed E-state index contributed by atoms with van der Waals surface area (Å²) in [7, 11) is 0. The van der Waals surface area contributed by atoms with E-state index in [9.17, 15) is 14.7 Å². The van der Waals surface area contributed by atoms with Crippen LogP contribution in [0.4, 0.5) is 4.79 Å². The number of aliphatic hydroxyl groups is 1. The number of rotatable bonds is 6. The molecule has 1 N–H and O–H groups in total. The predicted octanol–water partition coefficient (Wildman–Crippen LogP) is 2.81. The first kappa shape index (κ1) is 19.9. The van der Waals surface area contributed by atoms with Gasteiger partial charge in [-0.05, 0) is 18.1 Å². The quantitative estimate of drug-likeness (QED) is 0.834. The van der Waals surface area contributed by atoms with Crippen LogP contribution >= 0.6 is 0 Å². The number of likely N-dealkylation sites (tertiary alicyclic amines) is 1. The first-order chi connectivity index (χ1) is 13.6. The predicted molar refractivity (Wildman–Crippen MR) is 105 cm³/mol. The summed E-state index contributed by atoms with van der Waals surface area (Å²) >= 11 is 0. The number of benzene rings is 2. The Bertz CT molecular complexity index is 782. The van der Waals surface area contributed by atoms with Crippen LogP contribution in [-0.4, -0.2) is 52.1 Å². The van der Waals surface area contributed by atoms with Crippen LogP contribution < -0.4 is 0 Å². The molecule has 3 rings (SSSR count). The van der Waals surface area contributed by atoms with Crippen LogP contribution in [0.1, 0.15) is 24.5 Å². The van der Waals surface area contributed by atoms with Gasteiger partial charge in [0.25, 0.3) is 0 Å². The number of ether oxygens (including phenoxy) is 1. The van der Waals surface area contributed by atoms with E-state index in [1.54, 1.807) is 4.90 Å². The third kappa shape index (κ3) is 4.89. The molecule has 28 heavy (non-hydrogen) atoms. The summed E-state index contributed by atoms with van der Waals surface area (Å²) in [6, 6.07) is 18.4. The van der Waals surface area contributed by atoms with Gasteiger partial charge in [-0.25, -0.2) is 4.79 Å². The van der Waals surface area contributed by atoms with Gasteiger partial charge in [-0.3, -0.25) is 9.69 Å². The second kappa shape index (κ2) is 9.37. The molecule has 0 bridgehead atoms. The molecule has 1 unspecified atom stereocenters. The molecule has 2 amide bonds. The van der Waals surface area contributed by atoms with E-state index in [0.29, 0.717) is 13.1 Å². The highest BCUT2D eigenvalue weighted by Gasteiger charge is 2.41. The number of hydrogen-bond donors (Lipinski definition) is 1. The van der Waals surface area contributed by atoms with E-state index in [0.717, 1.165) is 11.1 Å². The minimum absolute atomic E-state index is 0.104. The van der Waals surface area contributed by atoms with Gasteiger partial charge < -0.3 is 14.7 Å². The Kier molecular flexibility index (Phi) is 6.66. The summed E-state index contributed by atoms with van der Waals surface area (Å²) in [6.45, 7) is 3.13. The summed E-state index contributed by atoms with van der Waals surface area (Å²) in [5, 5.41) is 10.1. The highest BCUT2D eigenvalue weighted by Crippen LogP contribution is 2.22. The Labute approximate surface area is 165 Å². The van der Waals surface area contributed by atoms with Crippen LogP contribution in [0, 0.1) is 0 Å². The third-order valence-electron chi connectivity index (χ3n) is 4.91. The number of carbonyl (C=O) groups excluding carboxylic acids is 2. The van der Waals surface area contributed by atoms with E-state index >= 15 is 0 Å². The maximum absolute atomic E-state index is 13.1. The van der Waals surface area contributed by atoms with Gasteiger partial charge in [-0.15, -0.1) is 0 Å². The molecule has 0 aromatic heterocycles. The van der Waals surface area contributed by atoms with Crippen LogP contribution in [0.3, 0.4) is 0 Å². The molecule has 148 valence electrons. The lowest BCUT2D eigenvalue weighted by Gasteiger charge is -2.29. The van der Waals surface area contributed by atoms with Gasteiger partial charge in [0.15, 0.2) is 0 Å². The van der Waals surface area contributed by atoms with Crippen molar-refractivity contribution in [1.82, 2.24) is 9.80 Å². The summed E-state index contributed by atoms with van der Waals surface area (Å²) < 4.78 is 5.38. The number of carbonyl (C=O) groups is 2. The molecule has 0 saturated carbocycles. The molecular weight excluding hydrogens is 356 g/mol. The van der Waals surface area contributed by atoms with Crippen LogP contribution in [0.5, 0.6) is 0 Å². The summed E-state index contributed by atoms with van der Waals surface area (Å²) in [5.41, 5.74) is 1.90. The SMILES string of the molecule is CCN(Cc1ccccc1)C(=O)[C@@H]1CC(O)CN1C(=O)OCc1ccccc1. The highest BCUT2D eigenvalue weighted by atomic mass is 16.6. The average molecular weight is 382 g/mol. The van der Waals surface area contributed by atoms with Crippen molar-refractivity contribution in [3.63, 3.8) is 0 Å². The lowest BCUT2D eigenvalue weighted by molar-refractivity contribution is -0.136. The van der Waals surface area contributed by atoms with E-state index in [-0.39, 0.29) is 25.5 Å². The van der Waals surface area contributed by atoms with Crippen molar-refractivity contribution >= 4 is 12.0 Å². The number of hydrogen-bond acceptors (Lipinski definition) is 4. The highest BCUT2D eigenvalue weighted by molar-refractivity contribution is 5.86. The van der Waals surface area contributed by atoms with Gasteiger partial charge in [-0.1, -0.05) is 60.7 Å². The van der Waals surface area contributed by atoms with Gasteiger partial charge in [0.2, 0.25) is 5.91 Å². The van der Waals surface area contributed by atoms with E-state index in [2.05, 4.69) is 0 Å². The Hall–Kier alpha value is -2.86. The standard InChI is InChI=1S/C22H26N2O4/c1-2-23(14-17-9-5-3-6-10-17)21(26)20-13-19(25)15-24(20)22(27)28-16-18-11-7-4-8-12-18/h3-12,19-20,25H,2,13-16H2,1H3/t19?,20-/m0/s1. The Morgan fingerprint density at radius 1 is 1.07 bits per heavy atom. The van der Waals surface area contributed by atoms with E-state index < -0.39 is 18.2 Å². The number of likely N-dealkylation sites (N-methyl/N-ethyl adjacent to an activating group) is 1. The molecule has 1 aliphatic rings. The van der Waals surface area contributed by atoms with Crippen molar-refractivity contribution in [3.05, 3.63) is 71.8 Å². The summed E-state index contributed by atoms with van der Waals surface area (Å²) in [6.07, 6.45) is -1.08. The zero-order valence-corrected chi connectivity index (χ0v) is 16.0. The Balaban J connectivity index is 1.65. The summed E-state index contributed by atoms with van der Waals surface area (Å²) in [5.74, 6) is -0.167. The molecular formula is C22H26N2O4. The zero-order chi connectivity index (χ0) is 19.9. The molecule has 1 saturated heterocycles. The van der Waals surface area contributed by atoms with Gasteiger partial charge in [0, 0.05) is 19.5 Å². The van der Waals surface area contributed by atoms with Crippen molar-refractivity contribution in [2.24, 2.45) is 0 Å². The van der Waals surface area contributed by atoms with E-state index in [1.807, 2.05) is 67.6 Å². The number of amides is 2. The van der Waals surface area contributed by atoms with Crippen LogP contribution in [0.15, 0.2) is 60.7 Å². The van der Waals surface area contributed by atoms with Crippen molar-refractivity contribution in [2.75, 3.05) is 13.1 Å². The first-order valence-corrected chi connectivity index (χ1v) is 9.56. The minimum Gasteiger partial charge on any atom is -0.445 e. The number of aliphatic hydroxyl groups excluding tert-OH is 1. The van der Waals surface area contributed by atoms with Crippen molar-refractivity contribution in [2.45, 2.75) is 38.6 Å². The fourth-order valence-electron chi connectivity index (χ4n) is 3.41. The van der Waals surface area contributed by atoms with E-state index in [1.165, 1.54) is 4.90 Å². The average Bonchev–Trinajstić information content (AvgIpc) is 3.13. The van der Waals surface area contributed by atoms with Crippen LogP contribution in [0.25, 0.3) is 0 Å². The number of β-amino-alcohol motifs (C(OH)–C–C–N with tert-alkyl or cyclic N) is 1. The molecule has 6 heteroatoms. The van der Waals surface area contributed by atoms with Crippen LogP contribution in [0.2, 0.25) is 0 Å². The normalized spacial score (nSPS) is 18.7. The van der Waals surface area contributed by atoms with Crippen molar-refractivity contribution in [3.8, 4) is 0 Å². The minimum atomic E-state index is -0.728. The second-order valence-corrected chi connectivity index (χ2v) is 6.94. The fourth-order valence-corrected chi connectivity index (χ4v) is 3.41. The maximum atomic E-state index is 13.1. The fraction of sp³-hybridized carbons (Fsp3) is 0.364. The number of nitrogens with zero attached hydrogens (tertiary/aromatic N) is 2. The molecule has 0 radical (unpaired) electrons. The molecule has 1 heterocycles. The summed E-state index contributed by atoms with van der Waals surface area (Å²) in [4.78, 5) is 28.7. The maximum Gasteiger partial charge on any atom is 0.410 e. The molecule has 0 aliphatic carbocycles. The van der Waals surface area contributed by atoms with Crippen molar-refractivity contribution < 1.29 is 19.4 Å². The molecule has 2 atom stereocenters. The molecule has 2 aromatic carbocycles. The lowest BCUT2D eigenvalue weighted by Crippen LogP contribution is -2.47. The zero-order valence-electron chi connectivity index (χ0n) is 16.0. The smallest absolute Gasteiger partial charge is 0.410 e. The Morgan fingerprint density at radius 2 is 1.68 bits per heavy atom. The topological polar surface area (TPSA) is 70.1 Å². The first-order valence-electron chi connectivity index (χ1n) is 9.56. The van der Waals surface area contributed by atoms with E-state index in [4.69, 9.17) is 4.74 Å². The van der Waals surface area contributed by atoms with Gasteiger partial charge in [-0.2, -0.15) is 0 Å². The largest absolute Gasteiger partial charge is 0.445 e. The van der Waals surface area contributed by atoms with Crippen molar-refractivity contribution in [1.29, 1.82) is 0 Å². The molecule has 6 nitrogen and oxygen atoms in total. The second-order valence-electron chi connectivity index (χ2n) is 6.94. The van der Waals surface area contributed by atoms with Gasteiger partial charge in [0.05, 0.1) is 12.6 Å². The monoisotopic (exact) mass is 382 g/mol. The molecule has 0 spiro atoms. The molecule has 1 fully saturated rings. The Morgan fingerprint density at radius 3 is 2.29 bits per heavy atom. The molecule has 2 aromatic rings. The third-order valence-corrected chi connectivity index (χ3v) is 4.91. The lowest BCUT2D eigenvalue weighted by atomic mass is 10.1. The van der Waals surface area contributed by atoms with Gasteiger partial charge in [0.1, 0.15) is 12.6 Å². The van der Waals surface area contributed by atoms with Gasteiger partial charge >= 0.3 is 6.09 Å².